The lowest BCUT2D eigenvalue weighted by atomic mass is 10.8. The molecular formula is C7H6F8. The van der Waals surface area contributed by atoms with Gasteiger partial charge in [-0.05, 0) is 6.92 Å². The molecule has 0 N–H and O–H groups in total. The maximum Gasteiger partial charge on any atom is 0.334 e. The second-order valence-corrected chi connectivity index (χ2v) is 1.45. The zero-order valence-corrected chi connectivity index (χ0v) is 7.31. The van der Waals surface area contributed by atoms with E-state index >= 15 is 0 Å². The van der Waals surface area contributed by atoms with Crippen LogP contribution in [0, 0.1) is 0 Å². The van der Waals surface area contributed by atoms with E-state index < -0.39 is 24.3 Å². The van der Waals surface area contributed by atoms with Crippen molar-refractivity contribution in [3.8, 4) is 0 Å². The highest BCUT2D eigenvalue weighted by Crippen LogP contribution is 2.08. The van der Waals surface area contributed by atoms with Crippen molar-refractivity contribution in [2.45, 2.75) is 6.92 Å². The summed E-state index contributed by atoms with van der Waals surface area (Å²) in [7, 11) is 0. The first-order chi connectivity index (χ1) is 6.70. The van der Waals surface area contributed by atoms with Gasteiger partial charge in [0.05, 0.1) is 0 Å². The third-order valence-corrected chi connectivity index (χ3v) is 0.286. The van der Waals surface area contributed by atoms with Gasteiger partial charge in [0.25, 0.3) is 0 Å². The first-order valence-electron chi connectivity index (χ1n) is 3.00. The molecule has 0 spiro atoms. The number of allylic oxidation sites excluding steroid dienone is 1. The van der Waals surface area contributed by atoms with Crippen LogP contribution in [0.1, 0.15) is 6.92 Å². The molecule has 0 amide bonds. The normalized spacial score (nSPS) is 7.27. The number of rotatable bonds is 0. The molecule has 0 aromatic rings. The van der Waals surface area contributed by atoms with Gasteiger partial charge in [-0.1, -0.05) is 6.08 Å². The summed E-state index contributed by atoms with van der Waals surface area (Å²) in [6.07, 6.45) is -9.88. The molecule has 0 fully saturated rings. The van der Waals surface area contributed by atoms with E-state index in [1.165, 1.54) is 0 Å². The topological polar surface area (TPSA) is 0 Å². The molecule has 8 heteroatoms. The van der Waals surface area contributed by atoms with Gasteiger partial charge in [0.15, 0.2) is 0 Å². The van der Waals surface area contributed by atoms with Crippen LogP contribution >= 0.6 is 0 Å². The minimum atomic E-state index is -2.91. The summed E-state index contributed by atoms with van der Waals surface area (Å²) < 4.78 is 82.3. The molecule has 90 valence electrons. The lowest BCUT2D eigenvalue weighted by Crippen LogP contribution is -1.56. The van der Waals surface area contributed by atoms with Gasteiger partial charge in [0.2, 0.25) is 0 Å². The lowest BCUT2D eigenvalue weighted by molar-refractivity contribution is 0.308. The van der Waals surface area contributed by atoms with Crippen molar-refractivity contribution in [2.75, 3.05) is 0 Å². The molecule has 0 unspecified atom stereocenters. The van der Waals surface area contributed by atoms with Gasteiger partial charge >= 0.3 is 24.3 Å². The fraction of sp³-hybridized carbons (Fsp3) is 0.143. The molecule has 0 nitrogen and oxygen atoms in total. The standard InChI is InChI=1S/C3H6.2C2F4/c1-3-2;2*3-1(4)2(5)6/h3H,1H2,2H3;;. The highest BCUT2D eigenvalue weighted by atomic mass is 19.3. The van der Waals surface area contributed by atoms with Crippen molar-refractivity contribution >= 4 is 0 Å². The van der Waals surface area contributed by atoms with E-state index in [1.807, 2.05) is 6.92 Å². The molecule has 0 aliphatic heterocycles. The SMILES string of the molecule is C=CC.FC(F)=C(F)F.FC(F)=C(F)F. The quantitative estimate of drug-likeness (QED) is 0.405. The Morgan fingerprint density at radius 1 is 0.667 bits per heavy atom. The molecule has 0 atom stereocenters. The predicted molar refractivity (Wildman–Crippen MR) is 38.8 cm³/mol. The van der Waals surface area contributed by atoms with Gasteiger partial charge in [0.1, 0.15) is 0 Å². The lowest BCUT2D eigenvalue weighted by Gasteiger charge is -1.69. The molecule has 0 radical (unpaired) electrons. The molecule has 0 aromatic carbocycles. The monoisotopic (exact) mass is 242 g/mol. The van der Waals surface area contributed by atoms with Gasteiger partial charge in [-0.25, -0.2) is 0 Å². The first-order valence-corrected chi connectivity index (χ1v) is 3.00. The molecule has 0 saturated carbocycles. The first kappa shape index (κ1) is 19.3. The molecule has 0 rings (SSSR count). The Morgan fingerprint density at radius 2 is 0.733 bits per heavy atom. The maximum atomic E-state index is 10.3. The van der Waals surface area contributed by atoms with E-state index in [9.17, 15) is 35.1 Å². The highest BCUT2D eigenvalue weighted by molar-refractivity contribution is 4.77. The van der Waals surface area contributed by atoms with Crippen molar-refractivity contribution in [3.05, 3.63) is 37.0 Å². The number of halogens is 8. The second kappa shape index (κ2) is 12.7. The minimum Gasteiger partial charge on any atom is -0.167 e. The fourth-order valence-electron chi connectivity index (χ4n) is 0. The summed E-state index contributed by atoms with van der Waals surface area (Å²) in [6.45, 7) is 5.25. The van der Waals surface area contributed by atoms with Crippen LogP contribution in [0.15, 0.2) is 37.0 Å². The van der Waals surface area contributed by atoms with Crippen LogP contribution in [-0.4, -0.2) is 0 Å². The van der Waals surface area contributed by atoms with Gasteiger partial charge < -0.3 is 0 Å². The highest BCUT2D eigenvalue weighted by Gasteiger charge is 1.98. The summed E-state index contributed by atoms with van der Waals surface area (Å²) in [5.74, 6) is 0. The van der Waals surface area contributed by atoms with Gasteiger partial charge in [-0.3, -0.25) is 0 Å². The smallest absolute Gasteiger partial charge is 0.167 e. The fourth-order valence-corrected chi connectivity index (χ4v) is 0. The van der Waals surface area contributed by atoms with Gasteiger partial charge in [0, 0.05) is 0 Å². The Hall–Kier alpha value is -1.34. The van der Waals surface area contributed by atoms with E-state index in [0.717, 1.165) is 0 Å². The van der Waals surface area contributed by atoms with Crippen LogP contribution < -0.4 is 0 Å². The summed E-state index contributed by atoms with van der Waals surface area (Å²) in [4.78, 5) is 0. The molecular weight excluding hydrogens is 236 g/mol. The molecule has 0 aliphatic carbocycles. The number of hydrogen-bond acceptors (Lipinski definition) is 0. The Morgan fingerprint density at radius 3 is 0.733 bits per heavy atom. The van der Waals surface area contributed by atoms with E-state index in [0.29, 0.717) is 0 Å². The van der Waals surface area contributed by atoms with Crippen molar-refractivity contribution < 1.29 is 35.1 Å². The summed E-state index contributed by atoms with van der Waals surface area (Å²) in [6, 6.07) is 0. The Labute approximate surface area is 80.2 Å². The van der Waals surface area contributed by atoms with Crippen molar-refractivity contribution in [2.24, 2.45) is 0 Å². The molecule has 0 aromatic heterocycles. The zero-order chi connectivity index (χ0) is 13.0. The van der Waals surface area contributed by atoms with Crippen molar-refractivity contribution in [1.29, 1.82) is 0 Å². The molecule has 0 saturated heterocycles. The van der Waals surface area contributed by atoms with Crippen LogP contribution in [0.25, 0.3) is 0 Å². The third-order valence-electron chi connectivity index (χ3n) is 0.286. The largest absolute Gasteiger partial charge is 0.334 e. The van der Waals surface area contributed by atoms with Crippen LogP contribution in [0.2, 0.25) is 0 Å². The van der Waals surface area contributed by atoms with Crippen LogP contribution in [-0.2, 0) is 0 Å². The van der Waals surface area contributed by atoms with Gasteiger partial charge in [-0.2, -0.15) is 35.1 Å². The Balaban J connectivity index is -0.000000153. The Bertz CT molecular complexity index is 171. The van der Waals surface area contributed by atoms with Crippen molar-refractivity contribution in [1.82, 2.24) is 0 Å². The third kappa shape index (κ3) is 32.4. The molecule has 0 bridgehead atoms. The second-order valence-electron chi connectivity index (χ2n) is 1.45. The summed E-state index contributed by atoms with van der Waals surface area (Å²) in [5.41, 5.74) is 0. The van der Waals surface area contributed by atoms with E-state index in [2.05, 4.69) is 6.58 Å². The minimum absolute atomic E-state index is 1.75. The molecule has 0 heterocycles. The zero-order valence-electron chi connectivity index (χ0n) is 7.31. The average molecular weight is 242 g/mol. The van der Waals surface area contributed by atoms with Crippen LogP contribution in [0.3, 0.4) is 0 Å². The Kier molecular flexibility index (Phi) is 16.3. The summed E-state index contributed by atoms with van der Waals surface area (Å²) in [5, 5.41) is 0. The van der Waals surface area contributed by atoms with E-state index in [1.54, 1.807) is 6.08 Å². The predicted octanol–water partition coefficient (Wildman–Crippen LogP) is 5.17. The number of hydrogen-bond donors (Lipinski definition) is 0. The average Bonchev–Trinajstić information content (AvgIpc) is 2.06. The molecule has 15 heavy (non-hydrogen) atoms. The maximum absolute atomic E-state index is 10.3. The van der Waals surface area contributed by atoms with E-state index in [4.69, 9.17) is 0 Å². The van der Waals surface area contributed by atoms with Crippen LogP contribution in [0.4, 0.5) is 35.1 Å². The summed E-state index contributed by atoms with van der Waals surface area (Å²) >= 11 is 0. The molecule has 0 aliphatic rings. The van der Waals surface area contributed by atoms with E-state index in [-0.39, 0.29) is 0 Å². The van der Waals surface area contributed by atoms with Gasteiger partial charge in [-0.15, -0.1) is 6.58 Å². The van der Waals surface area contributed by atoms with Crippen LogP contribution in [0.5, 0.6) is 0 Å². The van der Waals surface area contributed by atoms with Crippen molar-refractivity contribution in [3.63, 3.8) is 0 Å².